The highest BCUT2D eigenvalue weighted by molar-refractivity contribution is 5.79. The SMILES string of the molecule is CCOc1nc2cccc(O)c2o1. The van der Waals surface area contributed by atoms with Gasteiger partial charge in [-0.15, -0.1) is 0 Å². The predicted molar refractivity (Wildman–Crippen MR) is 46.8 cm³/mol. The number of fused-ring (bicyclic) bond motifs is 1. The molecule has 0 saturated carbocycles. The lowest BCUT2D eigenvalue weighted by atomic mass is 10.3. The van der Waals surface area contributed by atoms with Crippen LogP contribution in [0.5, 0.6) is 11.8 Å². The molecule has 13 heavy (non-hydrogen) atoms. The largest absolute Gasteiger partial charge is 0.504 e. The minimum atomic E-state index is 0.0796. The molecule has 0 bridgehead atoms. The molecule has 2 aromatic rings. The van der Waals surface area contributed by atoms with E-state index in [2.05, 4.69) is 4.98 Å². The first-order valence-electron chi connectivity index (χ1n) is 4.02. The Labute approximate surface area is 74.8 Å². The summed E-state index contributed by atoms with van der Waals surface area (Å²) in [6, 6.07) is 5.00. The third-order valence-corrected chi connectivity index (χ3v) is 1.64. The monoisotopic (exact) mass is 179 g/mol. The van der Waals surface area contributed by atoms with Crippen molar-refractivity contribution >= 4 is 11.1 Å². The Kier molecular flexibility index (Phi) is 1.81. The summed E-state index contributed by atoms with van der Waals surface area (Å²) >= 11 is 0. The van der Waals surface area contributed by atoms with Crippen LogP contribution in [0.15, 0.2) is 22.6 Å². The fraction of sp³-hybridized carbons (Fsp3) is 0.222. The molecule has 1 N–H and O–H groups in total. The zero-order valence-corrected chi connectivity index (χ0v) is 7.15. The normalized spacial score (nSPS) is 10.5. The van der Waals surface area contributed by atoms with Crippen LogP contribution in [-0.2, 0) is 0 Å². The minimum Gasteiger partial charge on any atom is -0.504 e. The molecule has 0 saturated heterocycles. The average molecular weight is 179 g/mol. The number of aromatic hydroxyl groups is 1. The molecule has 0 spiro atoms. The van der Waals surface area contributed by atoms with E-state index in [-0.39, 0.29) is 11.8 Å². The van der Waals surface area contributed by atoms with Crippen LogP contribution >= 0.6 is 0 Å². The van der Waals surface area contributed by atoms with E-state index in [1.165, 1.54) is 0 Å². The van der Waals surface area contributed by atoms with Crippen molar-refractivity contribution in [1.82, 2.24) is 4.98 Å². The number of hydrogen-bond donors (Lipinski definition) is 1. The fourth-order valence-electron chi connectivity index (χ4n) is 1.10. The van der Waals surface area contributed by atoms with Crippen LogP contribution in [0, 0.1) is 0 Å². The van der Waals surface area contributed by atoms with Gasteiger partial charge in [0, 0.05) is 0 Å². The highest BCUT2D eigenvalue weighted by Gasteiger charge is 2.08. The number of hydrogen-bond acceptors (Lipinski definition) is 4. The molecule has 68 valence electrons. The molecule has 0 aliphatic carbocycles. The molecule has 1 heterocycles. The molecule has 2 rings (SSSR count). The quantitative estimate of drug-likeness (QED) is 0.765. The summed E-state index contributed by atoms with van der Waals surface area (Å²) in [6.45, 7) is 2.34. The van der Waals surface area contributed by atoms with Gasteiger partial charge in [0.1, 0.15) is 5.52 Å². The van der Waals surface area contributed by atoms with Crippen LogP contribution in [0.1, 0.15) is 6.92 Å². The number of para-hydroxylation sites is 1. The molecule has 1 aromatic heterocycles. The first-order valence-corrected chi connectivity index (χ1v) is 4.02. The van der Waals surface area contributed by atoms with Crippen molar-refractivity contribution < 1.29 is 14.3 Å². The summed E-state index contributed by atoms with van der Waals surface area (Å²) in [5.74, 6) is 0.0796. The zero-order valence-electron chi connectivity index (χ0n) is 7.15. The van der Waals surface area contributed by atoms with E-state index in [1.807, 2.05) is 6.92 Å². The summed E-state index contributed by atoms with van der Waals surface area (Å²) in [7, 11) is 0. The van der Waals surface area contributed by atoms with Gasteiger partial charge in [-0.05, 0) is 19.1 Å². The maximum Gasteiger partial charge on any atom is 0.394 e. The van der Waals surface area contributed by atoms with Crippen LogP contribution in [0.4, 0.5) is 0 Å². The molecule has 4 heteroatoms. The number of nitrogens with zero attached hydrogens (tertiary/aromatic N) is 1. The predicted octanol–water partition coefficient (Wildman–Crippen LogP) is 1.93. The topological polar surface area (TPSA) is 55.5 Å². The lowest BCUT2D eigenvalue weighted by molar-refractivity contribution is 0.250. The van der Waals surface area contributed by atoms with Gasteiger partial charge in [0.25, 0.3) is 0 Å². The van der Waals surface area contributed by atoms with Crippen LogP contribution in [0.25, 0.3) is 11.1 Å². The molecule has 0 aliphatic heterocycles. The van der Waals surface area contributed by atoms with Gasteiger partial charge in [-0.3, -0.25) is 0 Å². The van der Waals surface area contributed by atoms with Crippen LogP contribution in [-0.4, -0.2) is 16.7 Å². The highest BCUT2D eigenvalue weighted by Crippen LogP contribution is 2.27. The van der Waals surface area contributed by atoms with Crippen molar-refractivity contribution in [3.05, 3.63) is 18.2 Å². The number of aromatic nitrogens is 1. The first-order chi connectivity index (χ1) is 6.31. The number of ether oxygens (including phenoxy) is 1. The Balaban J connectivity index is 2.55. The molecular weight excluding hydrogens is 170 g/mol. The molecular formula is C9H9NO3. The van der Waals surface area contributed by atoms with Gasteiger partial charge in [-0.25, -0.2) is 0 Å². The maximum absolute atomic E-state index is 9.36. The van der Waals surface area contributed by atoms with Gasteiger partial charge < -0.3 is 14.3 Å². The number of phenolic OH excluding ortho intramolecular Hbond substituents is 1. The number of benzene rings is 1. The minimum absolute atomic E-state index is 0.0796. The second kappa shape index (κ2) is 2.97. The molecule has 4 nitrogen and oxygen atoms in total. The molecule has 0 radical (unpaired) electrons. The summed E-state index contributed by atoms with van der Waals surface area (Å²) in [5.41, 5.74) is 0.967. The van der Waals surface area contributed by atoms with Crippen molar-refractivity contribution in [1.29, 1.82) is 0 Å². The number of phenols is 1. The summed E-state index contributed by atoms with van der Waals surface area (Å²) < 4.78 is 10.2. The molecule has 0 atom stereocenters. The standard InChI is InChI=1S/C9H9NO3/c1-2-12-9-10-6-4-3-5-7(11)8(6)13-9/h3-5,11H,2H2,1H3. The van der Waals surface area contributed by atoms with E-state index in [1.54, 1.807) is 18.2 Å². The van der Waals surface area contributed by atoms with E-state index >= 15 is 0 Å². The van der Waals surface area contributed by atoms with Crippen LogP contribution in [0.2, 0.25) is 0 Å². The van der Waals surface area contributed by atoms with Gasteiger partial charge in [-0.2, -0.15) is 4.98 Å². The van der Waals surface area contributed by atoms with Crippen molar-refractivity contribution in [2.45, 2.75) is 6.92 Å². The van der Waals surface area contributed by atoms with Crippen molar-refractivity contribution in [2.75, 3.05) is 6.61 Å². The molecule has 1 aromatic carbocycles. The van der Waals surface area contributed by atoms with Gasteiger partial charge in [0.05, 0.1) is 6.61 Å². The third-order valence-electron chi connectivity index (χ3n) is 1.64. The fourth-order valence-corrected chi connectivity index (χ4v) is 1.10. The lowest BCUT2D eigenvalue weighted by Gasteiger charge is -1.91. The average Bonchev–Trinajstić information content (AvgIpc) is 2.49. The van der Waals surface area contributed by atoms with Gasteiger partial charge in [-0.1, -0.05) is 6.07 Å². The van der Waals surface area contributed by atoms with Gasteiger partial charge in [0.2, 0.25) is 0 Å². The smallest absolute Gasteiger partial charge is 0.394 e. The Hall–Kier alpha value is -1.71. The van der Waals surface area contributed by atoms with E-state index < -0.39 is 0 Å². The molecule has 0 amide bonds. The number of rotatable bonds is 2. The van der Waals surface area contributed by atoms with Crippen molar-refractivity contribution in [3.8, 4) is 11.8 Å². The Morgan fingerprint density at radius 3 is 3.08 bits per heavy atom. The van der Waals surface area contributed by atoms with E-state index in [0.717, 1.165) is 0 Å². The van der Waals surface area contributed by atoms with Crippen LogP contribution < -0.4 is 4.74 Å². The highest BCUT2D eigenvalue weighted by atomic mass is 16.6. The third kappa shape index (κ3) is 1.30. The lowest BCUT2D eigenvalue weighted by Crippen LogP contribution is -1.89. The van der Waals surface area contributed by atoms with Gasteiger partial charge in [0.15, 0.2) is 11.3 Å². The summed E-state index contributed by atoms with van der Waals surface area (Å²) in [4.78, 5) is 4.01. The summed E-state index contributed by atoms with van der Waals surface area (Å²) in [5, 5.41) is 9.36. The van der Waals surface area contributed by atoms with E-state index in [9.17, 15) is 5.11 Å². The zero-order chi connectivity index (χ0) is 9.26. The maximum atomic E-state index is 9.36. The Bertz CT molecular complexity index is 422. The van der Waals surface area contributed by atoms with Crippen molar-refractivity contribution in [2.24, 2.45) is 0 Å². The first kappa shape index (κ1) is 7.91. The van der Waals surface area contributed by atoms with Crippen molar-refractivity contribution in [3.63, 3.8) is 0 Å². The molecule has 0 unspecified atom stereocenters. The molecule has 0 fully saturated rings. The molecule has 0 aliphatic rings. The van der Waals surface area contributed by atoms with E-state index in [0.29, 0.717) is 17.7 Å². The second-order valence-corrected chi connectivity index (χ2v) is 2.54. The Morgan fingerprint density at radius 2 is 2.38 bits per heavy atom. The van der Waals surface area contributed by atoms with Crippen LogP contribution in [0.3, 0.4) is 0 Å². The Morgan fingerprint density at radius 1 is 1.54 bits per heavy atom. The number of oxazole rings is 1. The summed E-state index contributed by atoms with van der Waals surface area (Å²) in [6.07, 6.45) is 0.194. The second-order valence-electron chi connectivity index (χ2n) is 2.54. The van der Waals surface area contributed by atoms with Gasteiger partial charge >= 0.3 is 6.08 Å². The van der Waals surface area contributed by atoms with E-state index in [4.69, 9.17) is 9.15 Å².